The zero-order valence-corrected chi connectivity index (χ0v) is 13.4. The van der Waals surface area contributed by atoms with Crippen LogP contribution in [0.4, 0.5) is 0 Å². The van der Waals surface area contributed by atoms with Gasteiger partial charge in [-0.3, -0.25) is 4.79 Å². The second-order valence-electron chi connectivity index (χ2n) is 5.23. The van der Waals surface area contributed by atoms with E-state index in [1.54, 1.807) is 11.3 Å². The number of thiophene rings is 1. The Hall–Kier alpha value is -0.390. The average Bonchev–Trinajstić information content (AvgIpc) is 2.73. The van der Waals surface area contributed by atoms with Crippen LogP contribution in [0.2, 0.25) is 0 Å². The molecule has 1 amide bonds. The first kappa shape index (κ1) is 15.7. The Morgan fingerprint density at radius 2 is 2.28 bits per heavy atom. The zero-order chi connectivity index (χ0) is 13.6. The first-order chi connectivity index (χ1) is 8.43. The van der Waals surface area contributed by atoms with E-state index >= 15 is 0 Å². The molecule has 0 aromatic carbocycles. The van der Waals surface area contributed by atoms with E-state index < -0.39 is 0 Å². The number of rotatable bonds is 7. The minimum absolute atomic E-state index is 0.0196. The van der Waals surface area contributed by atoms with Crippen LogP contribution in [0, 0.1) is 5.41 Å². The van der Waals surface area contributed by atoms with Crippen LogP contribution in [0.3, 0.4) is 0 Å². The molecule has 1 aromatic rings. The van der Waals surface area contributed by atoms with Crippen molar-refractivity contribution in [1.82, 2.24) is 5.32 Å². The van der Waals surface area contributed by atoms with Crippen LogP contribution in [-0.2, 0) is 11.2 Å². The van der Waals surface area contributed by atoms with Gasteiger partial charge in [0.1, 0.15) is 0 Å². The summed E-state index contributed by atoms with van der Waals surface area (Å²) in [6, 6.07) is 2.11. The number of carbonyl (C=O) groups excluding carboxylic acids is 1. The maximum atomic E-state index is 11.6. The van der Waals surface area contributed by atoms with Gasteiger partial charge >= 0.3 is 0 Å². The van der Waals surface area contributed by atoms with Crippen molar-refractivity contribution < 1.29 is 4.79 Å². The summed E-state index contributed by atoms with van der Waals surface area (Å²) in [7, 11) is 0. The van der Waals surface area contributed by atoms with E-state index in [0.29, 0.717) is 19.5 Å². The summed E-state index contributed by atoms with van der Waals surface area (Å²) in [4.78, 5) is 13.0. The molecule has 0 aliphatic carbocycles. The molecule has 0 saturated heterocycles. The third kappa shape index (κ3) is 5.98. The molecule has 1 rings (SSSR count). The van der Waals surface area contributed by atoms with Crippen LogP contribution < -0.4 is 11.1 Å². The Morgan fingerprint density at radius 3 is 2.83 bits per heavy atom. The van der Waals surface area contributed by atoms with Crippen molar-refractivity contribution in [3.63, 3.8) is 0 Å². The van der Waals surface area contributed by atoms with Gasteiger partial charge in [-0.25, -0.2) is 0 Å². The van der Waals surface area contributed by atoms with Gasteiger partial charge in [0, 0.05) is 27.7 Å². The van der Waals surface area contributed by atoms with Crippen molar-refractivity contribution in [2.45, 2.75) is 33.1 Å². The van der Waals surface area contributed by atoms with E-state index in [0.717, 1.165) is 17.3 Å². The van der Waals surface area contributed by atoms with E-state index in [1.165, 1.54) is 4.88 Å². The molecule has 1 heterocycles. The summed E-state index contributed by atoms with van der Waals surface area (Å²) in [5.41, 5.74) is 5.60. The first-order valence-corrected chi connectivity index (χ1v) is 7.80. The Bertz CT molecular complexity index is 390. The molecule has 102 valence electrons. The lowest BCUT2D eigenvalue weighted by Crippen LogP contribution is -2.38. The monoisotopic (exact) mass is 332 g/mol. The molecule has 0 aliphatic heterocycles. The van der Waals surface area contributed by atoms with Gasteiger partial charge in [0.05, 0.1) is 0 Å². The van der Waals surface area contributed by atoms with Gasteiger partial charge < -0.3 is 11.1 Å². The number of halogens is 1. The van der Waals surface area contributed by atoms with Crippen LogP contribution >= 0.6 is 27.3 Å². The SMILES string of the molecule is CC(C)(CN)CNC(=O)CCCc1cc(Br)cs1. The van der Waals surface area contributed by atoms with Crippen LogP contribution in [0.25, 0.3) is 0 Å². The number of nitrogens with two attached hydrogens (primary N) is 1. The Kier molecular flexibility index (Phi) is 6.32. The molecular formula is C13H21BrN2OS. The fourth-order valence-corrected chi connectivity index (χ4v) is 2.90. The van der Waals surface area contributed by atoms with E-state index in [-0.39, 0.29) is 11.3 Å². The number of amides is 1. The summed E-state index contributed by atoms with van der Waals surface area (Å²) in [5, 5.41) is 5.01. The predicted octanol–water partition coefficient (Wildman–Crippen LogP) is 2.93. The van der Waals surface area contributed by atoms with E-state index in [2.05, 4.69) is 46.5 Å². The van der Waals surface area contributed by atoms with Crippen molar-refractivity contribution >= 4 is 33.2 Å². The standard InChI is InChI=1S/C13H21BrN2OS/c1-13(2,8-15)9-16-12(17)5-3-4-11-6-10(14)7-18-11/h6-7H,3-5,8-9,15H2,1-2H3,(H,16,17). The minimum atomic E-state index is -0.0196. The van der Waals surface area contributed by atoms with Gasteiger partial charge in [-0.05, 0) is 46.8 Å². The Balaban J connectivity index is 2.18. The Morgan fingerprint density at radius 1 is 1.56 bits per heavy atom. The van der Waals surface area contributed by atoms with Crippen LogP contribution in [0.5, 0.6) is 0 Å². The van der Waals surface area contributed by atoms with Crippen molar-refractivity contribution in [2.75, 3.05) is 13.1 Å². The normalized spacial score (nSPS) is 11.6. The fourth-order valence-electron chi connectivity index (χ4n) is 1.41. The van der Waals surface area contributed by atoms with E-state index in [1.807, 2.05) is 0 Å². The number of nitrogens with one attached hydrogen (secondary N) is 1. The molecule has 0 radical (unpaired) electrons. The van der Waals surface area contributed by atoms with Crippen LogP contribution in [-0.4, -0.2) is 19.0 Å². The highest BCUT2D eigenvalue weighted by molar-refractivity contribution is 9.10. The second-order valence-corrected chi connectivity index (χ2v) is 7.14. The summed E-state index contributed by atoms with van der Waals surface area (Å²) in [6.45, 7) is 5.33. The Labute approximate surface area is 121 Å². The highest BCUT2D eigenvalue weighted by Crippen LogP contribution is 2.21. The maximum absolute atomic E-state index is 11.6. The molecule has 0 fully saturated rings. The molecule has 3 N–H and O–H groups in total. The molecule has 5 heteroatoms. The van der Waals surface area contributed by atoms with Crippen molar-refractivity contribution in [2.24, 2.45) is 11.1 Å². The number of hydrogen-bond acceptors (Lipinski definition) is 3. The molecule has 3 nitrogen and oxygen atoms in total. The second kappa shape index (κ2) is 7.26. The quantitative estimate of drug-likeness (QED) is 0.806. The largest absolute Gasteiger partial charge is 0.356 e. The van der Waals surface area contributed by atoms with Crippen molar-refractivity contribution in [1.29, 1.82) is 0 Å². The van der Waals surface area contributed by atoms with Crippen LogP contribution in [0.1, 0.15) is 31.6 Å². The topological polar surface area (TPSA) is 55.1 Å². The molecule has 1 aromatic heterocycles. The van der Waals surface area contributed by atoms with E-state index in [9.17, 15) is 4.79 Å². The number of hydrogen-bond donors (Lipinski definition) is 2. The highest BCUT2D eigenvalue weighted by atomic mass is 79.9. The van der Waals surface area contributed by atoms with Gasteiger partial charge in [0.25, 0.3) is 0 Å². The third-order valence-electron chi connectivity index (χ3n) is 2.77. The average molecular weight is 333 g/mol. The third-order valence-corrected chi connectivity index (χ3v) is 4.52. The maximum Gasteiger partial charge on any atom is 0.220 e. The van der Waals surface area contributed by atoms with Gasteiger partial charge in [-0.1, -0.05) is 13.8 Å². The van der Waals surface area contributed by atoms with Gasteiger partial charge in [0.15, 0.2) is 0 Å². The zero-order valence-electron chi connectivity index (χ0n) is 11.0. The first-order valence-electron chi connectivity index (χ1n) is 6.12. The summed E-state index contributed by atoms with van der Waals surface area (Å²) < 4.78 is 1.12. The summed E-state index contributed by atoms with van der Waals surface area (Å²) >= 11 is 5.15. The molecule has 0 unspecified atom stereocenters. The number of aryl methyl sites for hydroxylation is 1. The smallest absolute Gasteiger partial charge is 0.220 e. The van der Waals surface area contributed by atoms with Crippen molar-refractivity contribution in [3.8, 4) is 0 Å². The van der Waals surface area contributed by atoms with Gasteiger partial charge in [0.2, 0.25) is 5.91 Å². The lowest BCUT2D eigenvalue weighted by atomic mass is 9.94. The summed E-state index contributed by atoms with van der Waals surface area (Å²) in [6.07, 6.45) is 2.43. The molecule has 0 aliphatic rings. The fraction of sp³-hybridized carbons (Fsp3) is 0.615. The lowest BCUT2D eigenvalue weighted by molar-refractivity contribution is -0.121. The van der Waals surface area contributed by atoms with Crippen molar-refractivity contribution in [3.05, 3.63) is 20.8 Å². The molecule has 0 atom stereocenters. The van der Waals surface area contributed by atoms with E-state index in [4.69, 9.17) is 5.73 Å². The van der Waals surface area contributed by atoms with Gasteiger partial charge in [-0.15, -0.1) is 11.3 Å². The molecule has 0 spiro atoms. The molecule has 0 saturated carbocycles. The lowest BCUT2D eigenvalue weighted by Gasteiger charge is -2.22. The van der Waals surface area contributed by atoms with Gasteiger partial charge in [-0.2, -0.15) is 0 Å². The summed E-state index contributed by atoms with van der Waals surface area (Å²) in [5.74, 6) is 0.118. The molecule has 0 bridgehead atoms. The molecule has 18 heavy (non-hydrogen) atoms. The predicted molar refractivity (Wildman–Crippen MR) is 80.8 cm³/mol. The molecular weight excluding hydrogens is 312 g/mol. The van der Waals surface area contributed by atoms with Crippen LogP contribution in [0.15, 0.2) is 15.9 Å². The minimum Gasteiger partial charge on any atom is -0.356 e. The highest BCUT2D eigenvalue weighted by Gasteiger charge is 2.16. The number of carbonyl (C=O) groups is 1.